The van der Waals surface area contributed by atoms with Crippen molar-refractivity contribution in [2.45, 2.75) is 58.8 Å². The average molecular weight is 420 g/mol. The first-order valence-corrected chi connectivity index (χ1v) is 11.3. The molecule has 0 saturated heterocycles. The Bertz CT molecular complexity index is 1040. The van der Waals surface area contributed by atoms with Crippen LogP contribution in [0.2, 0.25) is 5.02 Å². The van der Waals surface area contributed by atoms with Crippen LogP contribution in [0.5, 0.6) is 0 Å². The van der Waals surface area contributed by atoms with Gasteiger partial charge in [0.15, 0.2) is 0 Å². The van der Waals surface area contributed by atoms with Crippen molar-refractivity contribution < 1.29 is 5.11 Å². The number of aliphatic hydroxyl groups is 1. The maximum Gasteiger partial charge on any atom is 0.123 e. The predicted octanol–water partition coefficient (Wildman–Crippen LogP) is 7.73. The van der Waals surface area contributed by atoms with Crippen LogP contribution in [0.25, 0.3) is 5.76 Å². The summed E-state index contributed by atoms with van der Waals surface area (Å²) in [5, 5.41) is 11.2. The largest absolute Gasteiger partial charge is 0.507 e. The molecule has 156 valence electrons. The Kier molecular flexibility index (Phi) is 6.15. The Labute approximate surface area is 185 Å². The first kappa shape index (κ1) is 20.9. The minimum absolute atomic E-state index is 0.189. The Morgan fingerprint density at radius 3 is 2.63 bits per heavy atom. The molecular weight excluding hydrogens is 390 g/mol. The van der Waals surface area contributed by atoms with Gasteiger partial charge in [-0.3, -0.25) is 4.99 Å². The van der Waals surface area contributed by atoms with Crippen molar-refractivity contribution in [3.63, 3.8) is 0 Å². The van der Waals surface area contributed by atoms with Crippen molar-refractivity contribution in [2.24, 2.45) is 10.9 Å². The molecule has 2 aliphatic rings. The monoisotopic (exact) mass is 419 g/mol. The third-order valence-electron chi connectivity index (χ3n) is 6.58. The summed E-state index contributed by atoms with van der Waals surface area (Å²) in [6.07, 6.45) is 9.33. The van der Waals surface area contributed by atoms with E-state index in [1.807, 2.05) is 12.1 Å². The van der Waals surface area contributed by atoms with Crippen molar-refractivity contribution >= 4 is 23.6 Å². The second-order valence-electron chi connectivity index (χ2n) is 8.79. The summed E-state index contributed by atoms with van der Waals surface area (Å²) in [6.45, 7) is 6.57. The number of rotatable bonds is 5. The molecule has 2 aromatic rings. The van der Waals surface area contributed by atoms with Crippen molar-refractivity contribution in [3.05, 3.63) is 86.6 Å². The Hall–Kier alpha value is -2.32. The lowest BCUT2D eigenvalue weighted by Crippen LogP contribution is -2.12. The fourth-order valence-corrected chi connectivity index (χ4v) is 4.58. The molecule has 1 aliphatic heterocycles. The van der Waals surface area contributed by atoms with Gasteiger partial charge in [0, 0.05) is 23.4 Å². The van der Waals surface area contributed by atoms with Crippen molar-refractivity contribution in [1.29, 1.82) is 0 Å². The van der Waals surface area contributed by atoms with E-state index in [-0.39, 0.29) is 5.92 Å². The minimum atomic E-state index is 0.189. The number of nitrogens with zero attached hydrogens (tertiary/aromatic N) is 1. The van der Waals surface area contributed by atoms with E-state index in [1.165, 1.54) is 16.7 Å². The predicted molar refractivity (Wildman–Crippen MR) is 128 cm³/mol. The smallest absolute Gasteiger partial charge is 0.123 e. The highest BCUT2D eigenvalue weighted by Crippen LogP contribution is 2.37. The van der Waals surface area contributed by atoms with E-state index in [0.717, 1.165) is 54.5 Å². The van der Waals surface area contributed by atoms with Crippen LogP contribution in [0.1, 0.15) is 66.3 Å². The van der Waals surface area contributed by atoms with Crippen molar-refractivity contribution in [2.75, 3.05) is 0 Å². The number of benzene rings is 2. The molecule has 1 fully saturated rings. The van der Waals surface area contributed by atoms with Crippen LogP contribution in [0.15, 0.2) is 58.7 Å². The molecule has 3 heteroatoms. The Balaban J connectivity index is 1.68. The zero-order valence-electron chi connectivity index (χ0n) is 18.1. The van der Waals surface area contributed by atoms with E-state index in [4.69, 9.17) is 16.6 Å². The first-order valence-electron chi connectivity index (χ1n) is 10.9. The number of hydrogen-bond donors (Lipinski definition) is 1. The van der Waals surface area contributed by atoms with Crippen molar-refractivity contribution in [1.82, 2.24) is 0 Å². The van der Waals surface area contributed by atoms with E-state index in [9.17, 15) is 5.11 Å². The molecule has 1 heterocycles. The number of hydrogen-bond acceptors (Lipinski definition) is 2. The SMILES string of the molecule is Cc1cccc(C(Cc2ccc(C(O)=C3CCC3)c(Cl)c2)C2=CCC(C)C=N2)c1C. The van der Waals surface area contributed by atoms with Gasteiger partial charge in [0.1, 0.15) is 5.76 Å². The van der Waals surface area contributed by atoms with Gasteiger partial charge in [-0.2, -0.15) is 0 Å². The summed E-state index contributed by atoms with van der Waals surface area (Å²) in [6, 6.07) is 12.6. The lowest BCUT2D eigenvalue weighted by Gasteiger charge is -2.24. The van der Waals surface area contributed by atoms with Gasteiger partial charge in [-0.15, -0.1) is 0 Å². The lowest BCUT2D eigenvalue weighted by molar-refractivity contribution is 0.486. The molecule has 30 heavy (non-hydrogen) atoms. The van der Waals surface area contributed by atoms with Crippen LogP contribution in [0, 0.1) is 19.8 Å². The van der Waals surface area contributed by atoms with Gasteiger partial charge in [-0.05, 0) is 91.8 Å². The van der Waals surface area contributed by atoms with E-state index in [0.29, 0.717) is 16.7 Å². The third kappa shape index (κ3) is 4.25. The van der Waals surface area contributed by atoms with E-state index >= 15 is 0 Å². The number of aryl methyl sites for hydroxylation is 1. The molecule has 1 saturated carbocycles. The van der Waals surface area contributed by atoms with Gasteiger partial charge in [0.05, 0.1) is 5.02 Å². The number of allylic oxidation sites excluding steroid dienone is 3. The molecule has 0 spiro atoms. The molecule has 2 aromatic carbocycles. The summed E-state index contributed by atoms with van der Waals surface area (Å²) < 4.78 is 0. The quantitative estimate of drug-likeness (QED) is 0.494. The molecule has 2 atom stereocenters. The fraction of sp³-hybridized carbons (Fsp3) is 0.370. The summed E-state index contributed by atoms with van der Waals surface area (Å²) >= 11 is 6.60. The maximum atomic E-state index is 10.5. The second kappa shape index (κ2) is 8.81. The zero-order valence-corrected chi connectivity index (χ0v) is 18.8. The second-order valence-corrected chi connectivity index (χ2v) is 9.19. The van der Waals surface area contributed by atoms with Gasteiger partial charge < -0.3 is 5.11 Å². The lowest BCUT2D eigenvalue weighted by atomic mass is 9.83. The van der Waals surface area contributed by atoms with Gasteiger partial charge in [0.2, 0.25) is 0 Å². The van der Waals surface area contributed by atoms with Crippen LogP contribution in [0.4, 0.5) is 0 Å². The van der Waals surface area contributed by atoms with Crippen LogP contribution in [-0.2, 0) is 6.42 Å². The standard InChI is InChI=1S/C27H30ClNO/c1-17-10-13-26(29-16-17)24(22-9-4-6-18(2)19(22)3)14-20-11-12-23(25(28)15-20)27(30)21-7-5-8-21/h4,6,9,11-13,15-17,24,30H,5,7-8,10,14H2,1-3H3. The number of aliphatic hydroxyl groups excluding tert-OH is 1. The topological polar surface area (TPSA) is 32.6 Å². The normalized spacial score (nSPS) is 19.3. The third-order valence-corrected chi connectivity index (χ3v) is 6.89. The van der Waals surface area contributed by atoms with Gasteiger partial charge >= 0.3 is 0 Å². The molecule has 0 bridgehead atoms. The van der Waals surface area contributed by atoms with Crippen LogP contribution >= 0.6 is 11.6 Å². The van der Waals surface area contributed by atoms with Crippen LogP contribution < -0.4 is 0 Å². The summed E-state index contributed by atoms with van der Waals surface area (Å²) in [5.74, 6) is 1.05. The minimum Gasteiger partial charge on any atom is -0.507 e. The van der Waals surface area contributed by atoms with Gasteiger partial charge in [-0.1, -0.05) is 48.9 Å². The summed E-state index contributed by atoms with van der Waals surface area (Å²) in [4.78, 5) is 4.82. The van der Waals surface area contributed by atoms with Crippen molar-refractivity contribution in [3.8, 4) is 0 Å². The zero-order chi connectivity index (χ0) is 21.3. The average Bonchev–Trinajstić information content (AvgIpc) is 2.68. The maximum absolute atomic E-state index is 10.5. The number of halogens is 1. The van der Waals surface area contributed by atoms with E-state index in [2.05, 4.69) is 57.3 Å². The molecule has 0 radical (unpaired) electrons. The first-order chi connectivity index (χ1) is 14.4. The Morgan fingerprint density at radius 1 is 1.20 bits per heavy atom. The molecule has 4 rings (SSSR count). The molecule has 1 N–H and O–H groups in total. The van der Waals surface area contributed by atoms with Gasteiger partial charge in [0.25, 0.3) is 0 Å². The molecule has 1 aliphatic carbocycles. The molecule has 0 amide bonds. The summed E-state index contributed by atoms with van der Waals surface area (Å²) in [5.41, 5.74) is 8.13. The molecule has 2 unspecified atom stereocenters. The Morgan fingerprint density at radius 2 is 2.00 bits per heavy atom. The fourth-order valence-electron chi connectivity index (χ4n) is 4.29. The highest BCUT2D eigenvalue weighted by atomic mass is 35.5. The molecular formula is C27H30ClNO. The molecule has 0 aromatic heterocycles. The summed E-state index contributed by atoms with van der Waals surface area (Å²) in [7, 11) is 0. The number of aliphatic imine (C=N–C) groups is 1. The van der Waals surface area contributed by atoms with Crippen LogP contribution in [0.3, 0.4) is 0 Å². The van der Waals surface area contributed by atoms with Crippen LogP contribution in [-0.4, -0.2) is 11.3 Å². The van der Waals surface area contributed by atoms with Gasteiger partial charge in [-0.25, -0.2) is 0 Å². The highest BCUT2D eigenvalue weighted by Gasteiger charge is 2.23. The van der Waals surface area contributed by atoms with E-state index < -0.39 is 0 Å². The highest BCUT2D eigenvalue weighted by molar-refractivity contribution is 6.32. The van der Waals surface area contributed by atoms with E-state index in [1.54, 1.807) is 0 Å². The molecule has 2 nitrogen and oxygen atoms in total.